The second-order valence-electron chi connectivity index (χ2n) is 3.65. The third-order valence-electron chi connectivity index (χ3n) is 1.04. The minimum Gasteiger partial charge on any atom is -0.399 e. The Labute approximate surface area is 75.6 Å². The highest BCUT2D eigenvalue weighted by atomic mass is 14.5. The van der Waals surface area contributed by atoms with Crippen LogP contribution < -0.4 is 5.73 Å². The van der Waals surface area contributed by atoms with Crippen LogP contribution in [0.25, 0.3) is 0 Å². The van der Waals surface area contributed by atoms with Crippen LogP contribution in [-0.2, 0) is 0 Å². The molecule has 0 fully saturated rings. The summed E-state index contributed by atoms with van der Waals surface area (Å²) in [6.45, 7) is 8.52. The van der Waals surface area contributed by atoms with E-state index in [1.807, 2.05) is 31.2 Å². The summed E-state index contributed by atoms with van der Waals surface area (Å²) in [5, 5.41) is 0. The first-order chi connectivity index (χ1) is 5.52. The lowest BCUT2D eigenvalue weighted by Crippen LogP contribution is -1.82. The third kappa shape index (κ3) is 7.13. The van der Waals surface area contributed by atoms with Gasteiger partial charge in [-0.05, 0) is 30.5 Å². The SMILES string of the molecule is CC(C)C.Cc1cccc(N)c1. The van der Waals surface area contributed by atoms with Gasteiger partial charge in [-0.15, -0.1) is 0 Å². The number of anilines is 1. The van der Waals surface area contributed by atoms with E-state index in [0.717, 1.165) is 11.6 Å². The lowest BCUT2D eigenvalue weighted by molar-refractivity contribution is 0.737. The van der Waals surface area contributed by atoms with Crippen molar-refractivity contribution in [2.45, 2.75) is 27.7 Å². The Bertz CT molecular complexity index is 196. The molecule has 0 aliphatic heterocycles. The Kier molecular flexibility index (Phi) is 5.18. The maximum absolute atomic E-state index is 5.46. The highest BCUT2D eigenvalue weighted by Gasteiger charge is 1.81. The van der Waals surface area contributed by atoms with Crippen molar-refractivity contribution in [3.8, 4) is 0 Å². The van der Waals surface area contributed by atoms with Gasteiger partial charge in [-0.1, -0.05) is 32.9 Å². The van der Waals surface area contributed by atoms with E-state index in [9.17, 15) is 0 Å². The summed E-state index contributed by atoms with van der Waals surface area (Å²) in [5.74, 6) is 0.833. The Morgan fingerprint density at radius 1 is 1.17 bits per heavy atom. The van der Waals surface area contributed by atoms with Gasteiger partial charge in [0.1, 0.15) is 0 Å². The highest BCUT2D eigenvalue weighted by molar-refractivity contribution is 5.39. The van der Waals surface area contributed by atoms with E-state index in [1.54, 1.807) is 0 Å². The summed E-state index contributed by atoms with van der Waals surface area (Å²) in [6.07, 6.45) is 0. The molecule has 12 heavy (non-hydrogen) atoms. The molecule has 1 heteroatoms. The van der Waals surface area contributed by atoms with Gasteiger partial charge < -0.3 is 5.73 Å². The zero-order chi connectivity index (χ0) is 9.56. The molecule has 1 aromatic rings. The maximum Gasteiger partial charge on any atom is 0.0316 e. The van der Waals surface area contributed by atoms with Gasteiger partial charge in [0.2, 0.25) is 0 Å². The number of hydrogen-bond donors (Lipinski definition) is 1. The van der Waals surface area contributed by atoms with Crippen LogP contribution >= 0.6 is 0 Å². The average molecular weight is 165 g/mol. The molecule has 0 atom stereocenters. The van der Waals surface area contributed by atoms with Crippen LogP contribution in [0.5, 0.6) is 0 Å². The van der Waals surface area contributed by atoms with E-state index >= 15 is 0 Å². The number of hydrogen-bond acceptors (Lipinski definition) is 1. The summed E-state index contributed by atoms with van der Waals surface area (Å²) in [5.41, 5.74) is 7.51. The number of nitrogens with two attached hydrogens (primary N) is 1. The van der Waals surface area contributed by atoms with E-state index < -0.39 is 0 Å². The second kappa shape index (κ2) is 5.64. The minimum atomic E-state index is 0.833. The maximum atomic E-state index is 5.46. The van der Waals surface area contributed by atoms with Gasteiger partial charge in [-0.3, -0.25) is 0 Å². The van der Waals surface area contributed by atoms with Crippen LogP contribution in [0.4, 0.5) is 5.69 Å². The molecule has 0 saturated heterocycles. The van der Waals surface area contributed by atoms with Gasteiger partial charge in [0.25, 0.3) is 0 Å². The predicted octanol–water partition coefficient (Wildman–Crippen LogP) is 3.24. The van der Waals surface area contributed by atoms with Crippen molar-refractivity contribution in [2.75, 3.05) is 5.73 Å². The average Bonchev–Trinajstić information content (AvgIpc) is 1.84. The largest absolute Gasteiger partial charge is 0.399 e. The first-order valence-corrected chi connectivity index (χ1v) is 4.34. The van der Waals surface area contributed by atoms with Crippen LogP contribution in [0.15, 0.2) is 24.3 Å². The Morgan fingerprint density at radius 2 is 1.67 bits per heavy atom. The van der Waals surface area contributed by atoms with Gasteiger partial charge in [0.15, 0.2) is 0 Å². The van der Waals surface area contributed by atoms with E-state index in [0.29, 0.717) is 0 Å². The smallest absolute Gasteiger partial charge is 0.0316 e. The molecule has 2 N–H and O–H groups in total. The Morgan fingerprint density at radius 3 is 1.92 bits per heavy atom. The van der Waals surface area contributed by atoms with E-state index in [4.69, 9.17) is 5.73 Å². The normalized spacial score (nSPS) is 9.08. The van der Waals surface area contributed by atoms with Crippen molar-refractivity contribution in [3.05, 3.63) is 29.8 Å². The topological polar surface area (TPSA) is 26.0 Å². The van der Waals surface area contributed by atoms with Crippen molar-refractivity contribution in [3.63, 3.8) is 0 Å². The first kappa shape index (κ1) is 11.0. The van der Waals surface area contributed by atoms with Crippen molar-refractivity contribution in [1.82, 2.24) is 0 Å². The fourth-order valence-corrected chi connectivity index (χ4v) is 0.670. The summed E-state index contributed by atoms with van der Waals surface area (Å²) in [4.78, 5) is 0. The molecule has 0 amide bonds. The van der Waals surface area contributed by atoms with Crippen molar-refractivity contribution < 1.29 is 0 Å². The zero-order valence-electron chi connectivity index (χ0n) is 8.46. The van der Waals surface area contributed by atoms with E-state index in [2.05, 4.69) is 20.8 Å². The summed E-state index contributed by atoms with van der Waals surface area (Å²) < 4.78 is 0. The van der Waals surface area contributed by atoms with Crippen LogP contribution in [0, 0.1) is 12.8 Å². The fraction of sp³-hybridized carbons (Fsp3) is 0.455. The molecule has 0 bridgehead atoms. The quantitative estimate of drug-likeness (QED) is 0.587. The number of nitrogen functional groups attached to an aromatic ring is 1. The highest BCUT2D eigenvalue weighted by Crippen LogP contribution is 2.03. The monoisotopic (exact) mass is 165 g/mol. The van der Waals surface area contributed by atoms with Gasteiger partial charge in [0.05, 0.1) is 0 Å². The second-order valence-corrected chi connectivity index (χ2v) is 3.65. The number of aryl methyl sites for hydroxylation is 1. The number of rotatable bonds is 0. The molecular formula is C11H19N. The molecule has 0 unspecified atom stereocenters. The molecule has 0 spiro atoms. The van der Waals surface area contributed by atoms with Crippen molar-refractivity contribution in [2.24, 2.45) is 5.92 Å². The third-order valence-corrected chi connectivity index (χ3v) is 1.04. The summed E-state index contributed by atoms with van der Waals surface area (Å²) in [7, 11) is 0. The molecular weight excluding hydrogens is 146 g/mol. The van der Waals surface area contributed by atoms with E-state index in [-0.39, 0.29) is 0 Å². The number of benzene rings is 1. The van der Waals surface area contributed by atoms with Crippen LogP contribution in [0.1, 0.15) is 26.3 Å². The van der Waals surface area contributed by atoms with Crippen molar-refractivity contribution >= 4 is 5.69 Å². The van der Waals surface area contributed by atoms with E-state index in [1.165, 1.54) is 5.56 Å². The molecule has 0 heterocycles. The Hall–Kier alpha value is -0.980. The molecule has 0 radical (unpaired) electrons. The molecule has 0 saturated carbocycles. The molecule has 68 valence electrons. The minimum absolute atomic E-state index is 0.833. The molecule has 1 rings (SSSR count). The first-order valence-electron chi connectivity index (χ1n) is 4.34. The van der Waals surface area contributed by atoms with Crippen LogP contribution in [-0.4, -0.2) is 0 Å². The van der Waals surface area contributed by atoms with Crippen LogP contribution in [0.2, 0.25) is 0 Å². The van der Waals surface area contributed by atoms with Crippen molar-refractivity contribution in [1.29, 1.82) is 0 Å². The molecule has 1 aromatic carbocycles. The van der Waals surface area contributed by atoms with Gasteiger partial charge >= 0.3 is 0 Å². The van der Waals surface area contributed by atoms with Gasteiger partial charge in [-0.25, -0.2) is 0 Å². The molecule has 0 aliphatic rings. The molecule has 0 aliphatic carbocycles. The lowest BCUT2D eigenvalue weighted by Gasteiger charge is -1.91. The standard InChI is InChI=1S/C7H9N.C4H10/c1-6-3-2-4-7(8)5-6;1-4(2)3/h2-5H,8H2,1H3;4H,1-3H3. The summed E-state index contributed by atoms with van der Waals surface area (Å²) >= 11 is 0. The van der Waals surface area contributed by atoms with Crippen LogP contribution in [0.3, 0.4) is 0 Å². The molecule has 1 nitrogen and oxygen atoms in total. The zero-order valence-corrected chi connectivity index (χ0v) is 8.46. The predicted molar refractivity (Wildman–Crippen MR) is 56.1 cm³/mol. The van der Waals surface area contributed by atoms with Gasteiger partial charge in [0, 0.05) is 5.69 Å². The summed E-state index contributed by atoms with van der Waals surface area (Å²) in [6, 6.07) is 7.80. The fourth-order valence-electron chi connectivity index (χ4n) is 0.670. The van der Waals surface area contributed by atoms with Gasteiger partial charge in [-0.2, -0.15) is 0 Å². The molecule has 0 aromatic heterocycles. The lowest BCUT2D eigenvalue weighted by atomic mass is 10.2. The Balaban J connectivity index is 0.000000261.